The molecule has 2 rings (SSSR count). The van der Waals surface area contributed by atoms with Gasteiger partial charge in [0.2, 0.25) is 0 Å². The number of hydrogen-bond donors (Lipinski definition) is 1. The number of aromatic nitrogens is 1. The van der Waals surface area contributed by atoms with Crippen LogP contribution in [-0.2, 0) is 4.74 Å². The van der Waals surface area contributed by atoms with Crippen LogP contribution in [0.25, 0.3) is 0 Å². The maximum absolute atomic E-state index is 5.28. The Balaban J connectivity index is 0.000000980. The molecule has 1 saturated heterocycles. The average molecular weight is 195 g/mol. The highest BCUT2D eigenvalue weighted by molar-refractivity contribution is 5.39. The Labute approximate surface area is 84.5 Å². The normalized spacial score (nSPS) is 16.2. The van der Waals surface area contributed by atoms with Crippen molar-refractivity contribution < 1.29 is 4.74 Å². The van der Waals surface area contributed by atoms with E-state index >= 15 is 0 Å². The molecule has 1 aromatic rings. The van der Waals surface area contributed by atoms with Gasteiger partial charge in [-0.15, -0.1) is 0 Å². The van der Waals surface area contributed by atoms with Crippen LogP contribution in [0.15, 0.2) is 18.2 Å². The number of rotatable bonds is 1. The van der Waals surface area contributed by atoms with Crippen LogP contribution in [0.3, 0.4) is 0 Å². The third kappa shape index (κ3) is 2.43. The topological polar surface area (TPSA) is 60.4 Å². The van der Waals surface area contributed by atoms with E-state index in [2.05, 4.69) is 16.0 Å². The molecule has 14 heavy (non-hydrogen) atoms. The fraction of sp³-hybridized carbons (Fsp3) is 0.500. The molecule has 0 radical (unpaired) electrons. The quantitative estimate of drug-likeness (QED) is 0.735. The van der Waals surface area contributed by atoms with E-state index in [-0.39, 0.29) is 6.15 Å². The fourth-order valence-electron chi connectivity index (χ4n) is 1.50. The lowest BCUT2D eigenvalue weighted by Crippen LogP contribution is -2.36. The zero-order chi connectivity index (χ0) is 9.10. The molecule has 0 spiro atoms. The van der Waals surface area contributed by atoms with Crippen LogP contribution >= 0.6 is 0 Å². The van der Waals surface area contributed by atoms with Gasteiger partial charge >= 0.3 is 0 Å². The Morgan fingerprint density at radius 1 is 1.29 bits per heavy atom. The van der Waals surface area contributed by atoms with Crippen molar-refractivity contribution in [3.63, 3.8) is 0 Å². The molecule has 0 amide bonds. The largest absolute Gasteiger partial charge is 0.378 e. The Morgan fingerprint density at radius 3 is 2.64 bits per heavy atom. The van der Waals surface area contributed by atoms with Crippen molar-refractivity contribution in [2.45, 2.75) is 6.92 Å². The SMILES string of the molecule is Cc1cccc(N2CCOCC2)n1.N. The molecule has 1 aliphatic heterocycles. The molecule has 0 atom stereocenters. The smallest absolute Gasteiger partial charge is 0.128 e. The highest BCUT2D eigenvalue weighted by Gasteiger charge is 2.11. The highest BCUT2D eigenvalue weighted by atomic mass is 16.5. The minimum absolute atomic E-state index is 0. The molecule has 78 valence electrons. The third-order valence-corrected chi connectivity index (χ3v) is 2.21. The molecule has 1 aromatic heterocycles. The Hall–Kier alpha value is -1.13. The molecule has 2 heterocycles. The lowest BCUT2D eigenvalue weighted by Gasteiger charge is -2.27. The fourth-order valence-corrected chi connectivity index (χ4v) is 1.50. The maximum Gasteiger partial charge on any atom is 0.128 e. The molecular weight excluding hydrogens is 178 g/mol. The summed E-state index contributed by atoms with van der Waals surface area (Å²) in [5.41, 5.74) is 1.07. The van der Waals surface area contributed by atoms with E-state index in [9.17, 15) is 0 Å². The van der Waals surface area contributed by atoms with Gasteiger partial charge in [-0.2, -0.15) is 0 Å². The summed E-state index contributed by atoms with van der Waals surface area (Å²) in [6, 6.07) is 6.12. The van der Waals surface area contributed by atoms with Gasteiger partial charge in [0.25, 0.3) is 0 Å². The van der Waals surface area contributed by atoms with Gasteiger partial charge in [0.15, 0.2) is 0 Å². The summed E-state index contributed by atoms with van der Waals surface area (Å²) < 4.78 is 5.28. The predicted molar refractivity (Wildman–Crippen MR) is 57.0 cm³/mol. The summed E-state index contributed by atoms with van der Waals surface area (Å²) in [5.74, 6) is 1.07. The lowest BCUT2D eigenvalue weighted by molar-refractivity contribution is 0.122. The minimum atomic E-state index is 0. The first-order chi connectivity index (χ1) is 6.36. The van der Waals surface area contributed by atoms with Crippen LogP contribution in [0.1, 0.15) is 5.69 Å². The van der Waals surface area contributed by atoms with E-state index in [4.69, 9.17) is 4.74 Å². The standard InChI is InChI=1S/C10H14N2O.H3N/c1-9-3-2-4-10(11-9)12-5-7-13-8-6-12;/h2-4H,5-8H2,1H3;1H3. The Morgan fingerprint density at radius 2 is 2.00 bits per heavy atom. The third-order valence-electron chi connectivity index (χ3n) is 2.21. The van der Waals surface area contributed by atoms with Gasteiger partial charge in [-0.1, -0.05) is 6.07 Å². The second kappa shape index (κ2) is 4.93. The summed E-state index contributed by atoms with van der Waals surface area (Å²) in [6.45, 7) is 5.56. The number of ether oxygens (including phenoxy) is 1. The van der Waals surface area contributed by atoms with Crippen LogP contribution in [0.4, 0.5) is 5.82 Å². The molecule has 0 bridgehead atoms. The monoisotopic (exact) mass is 195 g/mol. The zero-order valence-corrected chi connectivity index (χ0v) is 8.57. The Kier molecular flexibility index (Phi) is 3.85. The predicted octanol–water partition coefficient (Wildman–Crippen LogP) is 1.39. The van der Waals surface area contributed by atoms with E-state index in [0.717, 1.165) is 37.8 Å². The summed E-state index contributed by atoms with van der Waals surface area (Å²) in [6.07, 6.45) is 0. The van der Waals surface area contributed by atoms with Crippen molar-refractivity contribution in [3.05, 3.63) is 23.9 Å². The number of anilines is 1. The van der Waals surface area contributed by atoms with Gasteiger partial charge < -0.3 is 15.8 Å². The van der Waals surface area contributed by atoms with Crippen molar-refractivity contribution in [1.82, 2.24) is 11.1 Å². The van der Waals surface area contributed by atoms with E-state index in [1.807, 2.05) is 19.1 Å². The van der Waals surface area contributed by atoms with Gasteiger partial charge in [0.05, 0.1) is 13.2 Å². The number of hydrogen-bond acceptors (Lipinski definition) is 4. The average Bonchev–Trinajstić information content (AvgIpc) is 2.19. The van der Waals surface area contributed by atoms with E-state index in [1.54, 1.807) is 0 Å². The minimum Gasteiger partial charge on any atom is -0.378 e. The molecule has 0 unspecified atom stereocenters. The number of aryl methyl sites for hydroxylation is 1. The number of nitrogens with zero attached hydrogens (tertiary/aromatic N) is 2. The van der Waals surface area contributed by atoms with Gasteiger partial charge in [-0.25, -0.2) is 4.98 Å². The van der Waals surface area contributed by atoms with Gasteiger partial charge in [-0.05, 0) is 19.1 Å². The second-order valence-corrected chi connectivity index (χ2v) is 3.24. The van der Waals surface area contributed by atoms with E-state index in [0.29, 0.717) is 0 Å². The summed E-state index contributed by atoms with van der Waals surface area (Å²) in [4.78, 5) is 6.73. The van der Waals surface area contributed by atoms with Crippen LogP contribution in [0.2, 0.25) is 0 Å². The molecule has 0 aliphatic carbocycles. The summed E-state index contributed by atoms with van der Waals surface area (Å²) in [5, 5.41) is 0. The number of pyridine rings is 1. The molecule has 3 N–H and O–H groups in total. The summed E-state index contributed by atoms with van der Waals surface area (Å²) in [7, 11) is 0. The van der Waals surface area contributed by atoms with E-state index < -0.39 is 0 Å². The van der Waals surface area contributed by atoms with Crippen molar-refractivity contribution >= 4 is 5.82 Å². The van der Waals surface area contributed by atoms with Gasteiger partial charge in [0.1, 0.15) is 5.82 Å². The van der Waals surface area contributed by atoms with Gasteiger partial charge in [0, 0.05) is 18.8 Å². The van der Waals surface area contributed by atoms with Crippen molar-refractivity contribution in [2.24, 2.45) is 0 Å². The first kappa shape index (κ1) is 10.9. The summed E-state index contributed by atoms with van der Waals surface area (Å²) >= 11 is 0. The molecule has 0 saturated carbocycles. The molecule has 4 heteroatoms. The lowest BCUT2D eigenvalue weighted by atomic mass is 10.3. The molecular formula is C10H17N3O. The van der Waals surface area contributed by atoms with Crippen LogP contribution in [0.5, 0.6) is 0 Å². The van der Waals surface area contributed by atoms with Crippen LogP contribution in [0, 0.1) is 6.92 Å². The van der Waals surface area contributed by atoms with Crippen molar-refractivity contribution in [1.29, 1.82) is 0 Å². The highest BCUT2D eigenvalue weighted by Crippen LogP contribution is 2.12. The van der Waals surface area contributed by atoms with E-state index in [1.165, 1.54) is 0 Å². The number of morpholine rings is 1. The molecule has 1 aliphatic rings. The van der Waals surface area contributed by atoms with Crippen molar-refractivity contribution in [2.75, 3.05) is 31.2 Å². The molecule has 4 nitrogen and oxygen atoms in total. The molecule has 1 fully saturated rings. The van der Waals surface area contributed by atoms with Crippen LogP contribution in [-0.4, -0.2) is 31.3 Å². The second-order valence-electron chi connectivity index (χ2n) is 3.24. The van der Waals surface area contributed by atoms with Crippen molar-refractivity contribution in [3.8, 4) is 0 Å². The first-order valence-electron chi connectivity index (χ1n) is 4.62. The Bertz CT molecular complexity index is 284. The first-order valence-corrected chi connectivity index (χ1v) is 4.62. The van der Waals surface area contributed by atoms with Crippen LogP contribution < -0.4 is 11.1 Å². The molecule has 0 aromatic carbocycles. The zero-order valence-electron chi connectivity index (χ0n) is 8.57. The maximum atomic E-state index is 5.28. The van der Waals surface area contributed by atoms with Gasteiger partial charge in [-0.3, -0.25) is 0 Å².